The molecule has 0 aliphatic heterocycles. The third-order valence-corrected chi connectivity index (χ3v) is 3.54. The van der Waals surface area contributed by atoms with Gasteiger partial charge in [0, 0.05) is 13.1 Å². The summed E-state index contributed by atoms with van der Waals surface area (Å²) in [5, 5.41) is 15.3. The molecule has 0 atom stereocenters. The van der Waals surface area contributed by atoms with Gasteiger partial charge in [0.05, 0.1) is 6.20 Å². The monoisotopic (exact) mass is 304 g/mol. The lowest BCUT2D eigenvalue weighted by Gasteiger charge is -2.24. The highest BCUT2D eigenvalue weighted by Crippen LogP contribution is 2.19. The number of aliphatic hydroxyl groups is 1. The van der Waals surface area contributed by atoms with Crippen LogP contribution in [0.25, 0.3) is 0 Å². The summed E-state index contributed by atoms with van der Waals surface area (Å²) in [6, 6.07) is -3.56. The number of carbonyl (C=O) groups excluding carboxylic acids is 1. The molecule has 0 bridgehead atoms. The molecule has 1 amide bonds. The molecule has 0 aliphatic carbocycles. The number of hydrogen-bond donors (Lipinski definition) is 1. The Morgan fingerprint density at radius 2 is 2.05 bits per heavy atom. The van der Waals surface area contributed by atoms with Crippen molar-refractivity contribution < 1.29 is 18.7 Å². The standard InChI is InChI=1S/C13H22F2N4O2/c1-4-10(5-2)7-18(6-3)12(21)11-8-19(17-16-11)13(14,15)9-20/h8,10,20H,4-7,9H2,1-3H3. The fraction of sp³-hybridized carbons (Fsp3) is 0.769. The number of alkyl halides is 2. The zero-order chi connectivity index (χ0) is 16.0. The van der Waals surface area contributed by atoms with Gasteiger partial charge in [0.25, 0.3) is 5.91 Å². The first kappa shape index (κ1) is 17.5. The Morgan fingerprint density at radius 3 is 2.52 bits per heavy atom. The van der Waals surface area contributed by atoms with Crippen molar-refractivity contribution in [1.82, 2.24) is 19.9 Å². The van der Waals surface area contributed by atoms with Gasteiger partial charge in [-0.3, -0.25) is 4.79 Å². The summed E-state index contributed by atoms with van der Waals surface area (Å²) in [5.74, 6) is -0.0628. The van der Waals surface area contributed by atoms with Crippen molar-refractivity contribution >= 4 is 5.91 Å². The summed E-state index contributed by atoms with van der Waals surface area (Å²) >= 11 is 0. The third kappa shape index (κ3) is 4.20. The predicted molar refractivity (Wildman–Crippen MR) is 72.9 cm³/mol. The molecular formula is C13H22F2N4O2. The Kier molecular flexibility index (Phi) is 6.19. The Bertz CT molecular complexity index is 461. The number of aliphatic hydroxyl groups excluding tert-OH is 1. The second-order valence-electron chi connectivity index (χ2n) is 4.90. The van der Waals surface area contributed by atoms with Crippen LogP contribution in [0.2, 0.25) is 0 Å². The first-order chi connectivity index (χ1) is 9.89. The van der Waals surface area contributed by atoms with Crippen LogP contribution in [0.1, 0.15) is 44.1 Å². The molecule has 0 aromatic carbocycles. The second-order valence-corrected chi connectivity index (χ2v) is 4.90. The summed E-state index contributed by atoms with van der Waals surface area (Å²) in [6.45, 7) is 5.56. The van der Waals surface area contributed by atoms with Crippen molar-refractivity contribution in [3.63, 3.8) is 0 Å². The lowest BCUT2D eigenvalue weighted by atomic mass is 10.0. The van der Waals surface area contributed by atoms with Crippen LogP contribution < -0.4 is 0 Å². The summed E-state index contributed by atoms with van der Waals surface area (Å²) in [5.41, 5.74) is -0.143. The zero-order valence-electron chi connectivity index (χ0n) is 12.6. The lowest BCUT2D eigenvalue weighted by molar-refractivity contribution is -0.131. The van der Waals surface area contributed by atoms with Crippen LogP contribution in [0.5, 0.6) is 0 Å². The first-order valence-electron chi connectivity index (χ1n) is 7.10. The smallest absolute Gasteiger partial charge is 0.367 e. The molecule has 0 saturated heterocycles. The number of hydrogen-bond acceptors (Lipinski definition) is 4. The van der Waals surface area contributed by atoms with Crippen molar-refractivity contribution in [3.8, 4) is 0 Å². The van der Waals surface area contributed by atoms with Crippen molar-refractivity contribution in [2.75, 3.05) is 19.7 Å². The molecule has 120 valence electrons. The minimum Gasteiger partial charge on any atom is -0.388 e. The molecule has 1 aromatic heterocycles. The number of carbonyl (C=O) groups is 1. The van der Waals surface area contributed by atoms with Crippen LogP contribution in [0.4, 0.5) is 8.78 Å². The molecule has 1 heterocycles. The Morgan fingerprint density at radius 1 is 1.43 bits per heavy atom. The average Bonchev–Trinajstić information content (AvgIpc) is 2.98. The van der Waals surface area contributed by atoms with Gasteiger partial charge in [0.15, 0.2) is 5.69 Å². The van der Waals surface area contributed by atoms with Gasteiger partial charge in [0.1, 0.15) is 6.61 Å². The highest BCUT2D eigenvalue weighted by atomic mass is 19.3. The van der Waals surface area contributed by atoms with Crippen LogP contribution >= 0.6 is 0 Å². The average molecular weight is 304 g/mol. The molecule has 0 saturated carbocycles. The molecule has 1 aromatic rings. The van der Waals surface area contributed by atoms with Gasteiger partial charge in [-0.25, -0.2) is 0 Å². The van der Waals surface area contributed by atoms with Crippen molar-refractivity contribution in [2.45, 2.75) is 39.7 Å². The minimum absolute atomic E-state index is 0.143. The second kappa shape index (κ2) is 7.44. The SMILES string of the molecule is CCC(CC)CN(CC)C(=O)c1cn(C(F)(F)CO)nn1. The fourth-order valence-corrected chi connectivity index (χ4v) is 1.97. The van der Waals surface area contributed by atoms with Crippen LogP contribution in [0.3, 0.4) is 0 Å². The van der Waals surface area contributed by atoms with E-state index in [1.165, 1.54) is 0 Å². The molecule has 0 unspecified atom stereocenters. The fourth-order valence-electron chi connectivity index (χ4n) is 1.97. The first-order valence-corrected chi connectivity index (χ1v) is 7.10. The van der Waals surface area contributed by atoms with E-state index in [-0.39, 0.29) is 10.4 Å². The lowest BCUT2D eigenvalue weighted by Crippen LogP contribution is -2.35. The van der Waals surface area contributed by atoms with Gasteiger partial charge in [-0.05, 0) is 12.8 Å². The maximum Gasteiger partial charge on any atom is 0.367 e. The van der Waals surface area contributed by atoms with Gasteiger partial charge in [0.2, 0.25) is 0 Å². The maximum absolute atomic E-state index is 13.2. The molecule has 8 heteroatoms. The number of nitrogens with zero attached hydrogens (tertiary/aromatic N) is 4. The van der Waals surface area contributed by atoms with Crippen molar-refractivity contribution in [1.29, 1.82) is 0 Å². The maximum atomic E-state index is 13.2. The predicted octanol–water partition coefficient (Wildman–Crippen LogP) is 1.72. The summed E-state index contributed by atoms with van der Waals surface area (Å²) < 4.78 is 26.7. The molecule has 0 radical (unpaired) electrons. The van der Waals surface area contributed by atoms with Gasteiger partial charge in [-0.2, -0.15) is 13.5 Å². The summed E-state index contributed by atoms with van der Waals surface area (Å²) in [7, 11) is 0. The van der Waals surface area contributed by atoms with E-state index in [9.17, 15) is 13.6 Å². The summed E-state index contributed by atoms with van der Waals surface area (Å²) in [6.07, 6.45) is 2.75. The number of halogens is 2. The van der Waals surface area contributed by atoms with E-state index in [1.807, 2.05) is 20.8 Å². The van der Waals surface area contributed by atoms with Gasteiger partial charge in [-0.15, -0.1) is 5.10 Å². The molecule has 21 heavy (non-hydrogen) atoms. The highest BCUT2D eigenvalue weighted by Gasteiger charge is 2.33. The Balaban J connectivity index is 2.86. The van der Waals surface area contributed by atoms with E-state index in [0.29, 0.717) is 19.0 Å². The van der Waals surface area contributed by atoms with Gasteiger partial charge in [-0.1, -0.05) is 31.9 Å². The Hall–Kier alpha value is -1.57. The largest absolute Gasteiger partial charge is 0.388 e. The summed E-state index contributed by atoms with van der Waals surface area (Å²) in [4.78, 5) is 13.8. The molecule has 1 N–H and O–H groups in total. The van der Waals surface area contributed by atoms with E-state index < -0.39 is 18.6 Å². The molecule has 0 aliphatic rings. The van der Waals surface area contributed by atoms with E-state index in [4.69, 9.17) is 5.11 Å². The molecule has 6 nitrogen and oxygen atoms in total. The zero-order valence-corrected chi connectivity index (χ0v) is 12.6. The van der Waals surface area contributed by atoms with Gasteiger partial charge < -0.3 is 10.0 Å². The van der Waals surface area contributed by atoms with E-state index in [1.54, 1.807) is 4.90 Å². The molecule has 0 spiro atoms. The quantitative estimate of drug-likeness (QED) is 0.794. The molecule has 0 fully saturated rings. The van der Waals surface area contributed by atoms with E-state index >= 15 is 0 Å². The van der Waals surface area contributed by atoms with E-state index in [2.05, 4.69) is 10.3 Å². The topological polar surface area (TPSA) is 71.2 Å². The minimum atomic E-state index is -3.56. The van der Waals surface area contributed by atoms with Crippen LogP contribution in [0, 0.1) is 5.92 Å². The number of aromatic nitrogens is 3. The van der Waals surface area contributed by atoms with Crippen molar-refractivity contribution in [3.05, 3.63) is 11.9 Å². The highest BCUT2D eigenvalue weighted by molar-refractivity contribution is 5.91. The number of amides is 1. The van der Waals surface area contributed by atoms with Crippen molar-refractivity contribution in [2.24, 2.45) is 5.92 Å². The van der Waals surface area contributed by atoms with Crippen LogP contribution in [-0.4, -0.2) is 50.6 Å². The molecule has 1 rings (SSSR count). The Labute approximate surface area is 122 Å². The van der Waals surface area contributed by atoms with E-state index in [0.717, 1.165) is 19.0 Å². The normalized spacial score (nSPS) is 12.0. The molecular weight excluding hydrogens is 282 g/mol. The van der Waals surface area contributed by atoms with Crippen LogP contribution in [-0.2, 0) is 6.05 Å². The third-order valence-electron chi connectivity index (χ3n) is 3.54. The number of rotatable bonds is 8. The van der Waals surface area contributed by atoms with Gasteiger partial charge >= 0.3 is 6.05 Å². The van der Waals surface area contributed by atoms with Crippen LogP contribution in [0.15, 0.2) is 6.20 Å².